The van der Waals surface area contributed by atoms with E-state index in [2.05, 4.69) is 32.2 Å². The van der Waals surface area contributed by atoms with E-state index in [1.807, 2.05) is 6.07 Å². The second-order valence-corrected chi connectivity index (χ2v) is 6.39. The molecule has 4 nitrogen and oxygen atoms in total. The number of phenols is 1. The van der Waals surface area contributed by atoms with Crippen molar-refractivity contribution in [1.29, 1.82) is 5.26 Å². The number of hydrogen-bond acceptors (Lipinski definition) is 4. The van der Waals surface area contributed by atoms with Crippen LogP contribution in [0, 0.1) is 17.2 Å². The zero-order chi connectivity index (χ0) is 14.1. The van der Waals surface area contributed by atoms with E-state index < -0.39 is 0 Å². The Labute approximate surface area is 151 Å². The summed E-state index contributed by atoms with van der Waals surface area (Å²) in [5.41, 5.74) is 1.26. The highest BCUT2D eigenvalue weighted by Crippen LogP contribution is 2.49. The topological polar surface area (TPSA) is 59.3 Å². The fraction of sp³-hybridized carbons (Fsp3) is 0.533. The highest BCUT2D eigenvalue weighted by molar-refractivity contribution is 9.10. The lowest BCUT2D eigenvalue weighted by molar-refractivity contribution is 0.153. The van der Waals surface area contributed by atoms with Crippen molar-refractivity contribution >= 4 is 40.7 Å². The minimum Gasteiger partial charge on any atom is -0.506 e. The van der Waals surface area contributed by atoms with Crippen molar-refractivity contribution in [3.63, 3.8) is 0 Å². The van der Waals surface area contributed by atoms with Crippen LogP contribution in [0.15, 0.2) is 16.6 Å². The Morgan fingerprint density at radius 3 is 2.45 bits per heavy atom. The molecule has 1 aliphatic carbocycles. The van der Waals surface area contributed by atoms with Crippen LogP contribution in [0.1, 0.15) is 30.0 Å². The van der Waals surface area contributed by atoms with Gasteiger partial charge in [0, 0.05) is 42.3 Å². The zero-order valence-corrected chi connectivity index (χ0v) is 15.3. The fourth-order valence-corrected chi connectivity index (χ4v) is 3.60. The van der Waals surface area contributed by atoms with Gasteiger partial charge in [-0.2, -0.15) is 5.26 Å². The summed E-state index contributed by atoms with van der Waals surface area (Å²) in [5.74, 6) is 0.751. The number of nitrogens with zero attached hydrogens (tertiary/aromatic N) is 2. The normalized spacial score (nSPS) is 19.5. The van der Waals surface area contributed by atoms with Gasteiger partial charge in [-0.05, 0) is 30.9 Å². The number of phenolic OH excluding ortho intramolecular Hbond substituents is 1. The van der Waals surface area contributed by atoms with E-state index in [0.29, 0.717) is 11.5 Å². The maximum absolute atomic E-state index is 10.5. The third-order valence-electron chi connectivity index (χ3n) is 4.19. The number of nitrogens with one attached hydrogen (secondary N) is 1. The van der Waals surface area contributed by atoms with E-state index >= 15 is 0 Å². The molecule has 0 bridgehead atoms. The van der Waals surface area contributed by atoms with Gasteiger partial charge in [0.25, 0.3) is 0 Å². The number of nitriles is 1. The van der Waals surface area contributed by atoms with Gasteiger partial charge in [-0.15, -0.1) is 24.8 Å². The summed E-state index contributed by atoms with van der Waals surface area (Å²) < 4.78 is 0.907. The molecule has 7 heteroatoms. The van der Waals surface area contributed by atoms with Gasteiger partial charge in [-0.3, -0.25) is 4.90 Å². The second-order valence-electron chi connectivity index (χ2n) is 5.54. The van der Waals surface area contributed by atoms with Crippen molar-refractivity contribution in [2.24, 2.45) is 5.92 Å². The monoisotopic (exact) mass is 407 g/mol. The number of rotatable bonds is 3. The maximum atomic E-state index is 10.5. The predicted molar refractivity (Wildman–Crippen MR) is 94.9 cm³/mol. The standard InChI is InChI=1S/C15H18BrN3O.2ClH/c16-12-4-3-11(9-17)15(20)13(12)14(10-1-2-10)19-7-5-18-6-8-19;;/h3-4,10,14,18,20H,1-2,5-8H2;2*1H/t14-;;/m0../s1. The van der Waals surface area contributed by atoms with E-state index in [1.54, 1.807) is 6.07 Å². The van der Waals surface area contributed by atoms with Gasteiger partial charge in [-0.25, -0.2) is 0 Å². The van der Waals surface area contributed by atoms with Gasteiger partial charge in [0.15, 0.2) is 0 Å². The Bertz CT molecular complexity index is 554. The van der Waals surface area contributed by atoms with E-state index in [0.717, 1.165) is 36.2 Å². The Kier molecular flexibility index (Phi) is 7.43. The van der Waals surface area contributed by atoms with Crippen LogP contribution >= 0.6 is 40.7 Å². The molecule has 0 radical (unpaired) electrons. The van der Waals surface area contributed by atoms with Crippen molar-refractivity contribution in [3.05, 3.63) is 27.7 Å². The number of piperazine rings is 1. The molecule has 3 rings (SSSR count). The van der Waals surface area contributed by atoms with E-state index in [1.165, 1.54) is 12.8 Å². The van der Waals surface area contributed by atoms with Crippen LogP contribution in [-0.4, -0.2) is 36.2 Å². The van der Waals surface area contributed by atoms with Gasteiger partial charge in [0.1, 0.15) is 11.8 Å². The van der Waals surface area contributed by atoms with E-state index in [4.69, 9.17) is 5.26 Å². The van der Waals surface area contributed by atoms with Crippen molar-refractivity contribution in [2.45, 2.75) is 18.9 Å². The van der Waals surface area contributed by atoms with Gasteiger partial charge < -0.3 is 10.4 Å². The third kappa shape index (κ3) is 3.87. The molecule has 1 aliphatic heterocycles. The van der Waals surface area contributed by atoms with Crippen molar-refractivity contribution in [3.8, 4) is 11.8 Å². The number of aromatic hydroxyl groups is 1. The Morgan fingerprint density at radius 1 is 1.27 bits per heavy atom. The molecule has 0 unspecified atom stereocenters. The first-order chi connectivity index (χ1) is 9.72. The lowest BCUT2D eigenvalue weighted by atomic mass is 9.96. The van der Waals surface area contributed by atoms with Crippen molar-refractivity contribution < 1.29 is 5.11 Å². The van der Waals surface area contributed by atoms with Crippen molar-refractivity contribution in [2.75, 3.05) is 26.2 Å². The highest BCUT2D eigenvalue weighted by Gasteiger charge is 2.39. The van der Waals surface area contributed by atoms with Crippen LogP contribution in [0.4, 0.5) is 0 Å². The first-order valence-electron chi connectivity index (χ1n) is 7.08. The van der Waals surface area contributed by atoms with Crippen LogP contribution in [0.3, 0.4) is 0 Å². The minimum atomic E-state index is 0. The number of benzene rings is 1. The van der Waals surface area contributed by atoms with Crippen molar-refractivity contribution in [1.82, 2.24) is 10.2 Å². The summed E-state index contributed by atoms with van der Waals surface area (Å²) in [6.07, 6.45) is 2.41. The van der Waals surface area contributed by atoms with Gasteiger partial charge in [0.05, 0.1) is 5.56 Å². The smallest absolute Gasteiger partial charge is 0.139 e. The summed E-state index contributed by atoms with van der Waals surface area (Å²) >= 11 is 3.56. The molecule has 0 amide bonds. The first kappa shape index (κ1) is 19.5. The molecule has 1 aromatic carbocycles. The number of hydrogen-bond donors (Lipinski definition) is 2. The van der Waals surface area contributed by atoms with E-state index in [9.17, 15) is 5.11 Å². The largest absolute Gasteiger partial charge is 0.506 e. The van der Waals surface area contributed by atoms with Crippen LogP contribution in [0.2, 0.25) is 0 Å². The van der Waals surface area contributed by atoms with Gasteiger partial charge in [0.2, 0.25) is 0 Å². The molecular weight excluding hydrogens is 389 g/mol. The summed E-state index contributed by atoms with van der Waals surface area (Å²) in [6.45, 7) is 3.95. The van der Waals surface area contributed by atoms with Crippen LogP contribution < -0.4 is 5.32 Å². The number of halogens is 3. The Morgan fingerprint density at radius 2 is 1.91 bits per heavy atom. The van der Waals surface area contributed by atoms with E-state index in [-0.39, 0.29) is 36.6 Å². The van der Waals surface area contributed by atoms with Gasteiger partial charge >= 0.3 is 0 Å². The quantitative estimate of drug-likeness (QED) is 0.805. The molecule has 1 aromatic rings. The van der Waals surface area contributed by atoms with Gasteiger partial charge in [-0.1, -0.05) is 15.9 Å². The average Bonchev–Trinajstić information content (AvgIpc) is 3.29. The molecule has 122 valence electrons. The maximum Gasteiger partial charge on any atom is 0.139 e. The first-order valence-corrected chi connectivity index (χ1v) is 7.88. The molecule has 1 saturated carbocycles. The fourth-order valence-electron chi connectivity index (χ4n) is 3.04. The van der Waals surface area contributed by atoms with Crippen LogP contribution in [-0.2, 0) is 0 Å². The molecule has 2 aliphatic rings. The van der Waals surface area contributed by atoms with Crippen LogP contribution in [0.5, 0.6) is 5.75 Å². The second kappa shape index (κ2) is 8.37. The lowest BCUT2D eigenvalue weighted by Gasteiger charge is -2.36. The summed E-state index contributed by atoms with van der Waals surface area (Å²) in [5, 5.41) is 22.9. The lowest BCUT2D eigenvalue weighted by Crippen LogP contribution is -2.45. The SMILES string of the molecule is Cl.Cl.N#Cc1ccc(Br)c([C@H](C2CC2)N2CCNCC2)c1O. The highest BCUT2D eigenvalue weighted by atomic mass is 79.9. The zero-order valence-electron chi connectivity index (χ0n) is 12.1. The molecular formula is C15H20BrCl2N3O. The average molecular weight is 409 g/mol. The molecule has 1 heterocycles. The van der Waals surface area contributed by atoms with Crippen LogP contribution in [0.25, 0.3) is 0 Å². The molecule has 2 N–H and O–H groups in total. The molecule has 22 heavy (non-hydrogen) atoms. The molecule has 2 fully saturated rings. The summed E-state index contributed by atoms with van der Waals surface area (Å²) in [4.78, 5) is 2.44. The third-order valence-corrected chi connectivity index (χ3v) is 4.89. The molecule has 0 spiro atoms. The molecule has 1 saturated heterocycles. The summed E-state index contributed by atoms with van der Waals surface area (Å²) in [7, 11) is 0. The summed E-state index contributed by atoms with van der Waals surface area (Å²) in [6, 6.07) is 5.85. The predicted octanol–water partition coefficient (Wildman–Crippen LogP) is 3.23. The molecule has 0 aromatic heterocycles. The Hall–Kier alpha value is -0.510. The molecule has 1 atom stereocenters. The minimum absolute atomic E-state index is 0. The Balaban J connectivity index is 0.00000121.